The minimum Gasteiger partial charge on any atom is -0.230 e. The van der Waals surface area contributed by atoms with Crippen molar-refractivity contribution in [1.82, 2.24) is 0 Å². The van der Waals surface area contributed by atoms with Gasteiger partial charge in [-0.25, -0.2) is 9.34 Å². The Balaban J connectivity index is 1.75. The zero-order valence-electron chi connectivity index (χ0n) is 9.66. The van der Waals surface area contributed by atoms with E-state index in [2.05, 4.69) is 70.0 Å². The van der Waals surface area contributed by atoms with Gasteiger partial charge in [0.15, 0.2) is 8.88 Å². The molecule has 0 aromatic heterocycles. The molecule has 0 unspecified atom stereocenters. The Morgan fingerprint density at radius 3 is 1.47 bits per heavy atom. The van der Waals surface area contributed by atoms with Gasteiger partial charge in [0, 0.05) is 0 Å². The van der Waals surface area contributed by atoms with Crippen LogP contribution in [0.1, 0.15) is 0 Å². The summed E-state index contributed by atoms with van der Waals surface area (Å²) in [6, 6.07) is 21.4. The number of hydrogen-bond acceptors (Lipinski definition) is 2. The average molecular weight is 243 g/mol. The maximum Gasteiger partial charge on any atom is 0.170 e. The van der Waals surface area contributed by atoms with Crippen molar-refractivity contribution in [3.8, 4) is 0 Å². The van der Waals surface area contributed by atoms with E-state index in [1.54, 1.807) is 0 Å². The van der Waals surface area contributed by atoms with Crippen LogP contribution in [-0.4, -0.2) is 13.1 Å². The second kappa shape index (κ2) is 4.77. The quantitative estimate of drug-likeness (QED) is 0.747. The molecule has 1 heterocycles. The number of nitrogens with zero attached hydrogens (tertiary/aromatic N) is 2. The van der Waals surface area contributed by atoms with Crippen molar-refractivity contribution in [2.45, 2.75) is 0 Å². The minimum atomic E-state index is 0.177. The van der Waals surface area contributed by atoms with Crippen LogP contribution in [-0.2, 0) is 0 Å². The summed E-state index contributed by atoms with van der Waals surface area (Å²) in [6.07, 6.45) is 0. The van der Waals surface area contributed by atoms with Crippen LogP contribution >= 0.6 is 8.88 Å². The van der Waals surface area contributed by atoms with E-state index in [0.29, 0.717) is 0 Å². The normalized spacial score (nSPS) is 15.3. The Hall–Kier alpha value is -1.53. The van der Waals surface area contributed by atoms with Crippen molar-refractivity contribution >= 4 is 20.3 Å². The molecule has 86 valence electrons. The summed E-state index contributed by atoms with van der Waals surface area (Å²) in [5, 5.41) is 0. The maximum absolute atomic E-state index is 2.49. The molecule has 0 aliphatic carbocycles. The highest BCUT2D eigenvalue weighted by Gasteiger charge is 2.26. The van der Waals surface area contributed by atoms with E-state index < -0.39 is 0 Å². The van der Waals surface area contributed by atoms with Gasteiger partial charge in [-0.2, -0.15) is 0 Å². The van der Waals surface area contributed by atoms with E-state index in [0.717, 1.165) is 13.1 Å². The van der Waals surface area contributed by atoms with Crippen LogP contribution in [0.5, 0.6) is 0 Å². The number of para-hydroxylation sites is 2. The standard InChI is InChI=1S/C14H15N2P/c1-3-7-13(8-4-1)15-11-12-16(17-15)14-9-5-2-6-10-14/h1-10,17H,11-12H2/p+1. The first-order valence-corrected chi connectivity index (χ1v) is 6.95. The number of anilines is 2. The van der Waals surface area contributed by atoms with Gasteiger partial charge in [-0.15, -0.1) is 0 Å². The van der Waals surface area contributed by atoms with Gasteiger partial charge in [-0.1, -0.05) is 36.4 Å². The number of benzene rings is 2. The van der Waals surface area contributed by atoms with Gasteiger partial charge < -0.3 is 0 Å². The monoisotopic (exact) mass is 243 g/mol. The molecule has 0 amide bonds. The lowest BCUT2D eigenvalue weighted by atomic mass is 10.3. The van der Waals surface area contributed by atoms with Gasteiger partial charge in [0.05, 0.1) is 24.5 Å². The molecule has 0 radical (unpaired) electrons. The van der Waals surface area contributed by atoms with Crippen LogP contribution < -0.4 is 9.34 Å². The fourth-order valence-electron chi connectivity index (χ4n) is 2.13. The molecule has 3 rings (SSSR count). The molecule has 0 N–H and O–H groups in total. The number of hydrogen-bond donors (Lipinski definition) is 0. The van der Waals surface area contributed by atoms with E-state index in [1.807, 2.05) is 0 Å². The third-order valence-electron chi connectivity index (χ3n) is 3.04. The lowest BCUT2D eigenvalue weighted by molar-refractivity contribution is 1.02. The third kappa shape index (κ3) is 2.27. The molecule has 0 saturated carbocycles. The lowest BCUT2D eigenvalue weighted by Crippen LogP contribution is -2.10. The summed E-state index contributed by atoms with van der Waals surface area (Å²) in [6.45, 7) is 2.27. The predicted molar refractivity (Wildman–Crippen MR) is 77.3 cm³/mol. The van der Waals surface area contributed by atoms with Crippen molar-refractivity contribution in [3.05, 3.63) is 60.7 Å². The Morgan fingerprint density at radius 1 is 0.647 bits per heavy atom. The fraction of sp³-hybridized carbons (Fsp3) is 0.143. The molecular weight excluding hydrogens is 227 g/mol. The molecule has 1 fully saturated rings. The van der Waals surface area contributed by atoms with Crippen molar-refractivity contribution in [2.24, 2.45) is 0 Å². The summed E-state index contributed by atoms with van der Waals surface area (Å²) in [7, 11) is 0.177. The molecule has 2 aromatic rings. The van der Waals surface area contributed by atoms with Crippen molar-refractivity contribution in [3.63, 3.8) is 0 Å². The summed E-state index contributed by atoms with van der Waals surface area (Å²) >= 11 is 0. The van der Waals surface area contributed by atoms with Crippen LogP contribution in [0.15, 0.2) is 60.7 Å². The van der Waals surface area contributed by atoms with Gasteiger partial charge in [0.25, 0.3) is 0 Å². The van der Waals surface area contributed by atoms with Crippen molar-refractivity contribution < 1.29 is 0 Å². The second-order valence-corrected chi connectivity index (χ2v) is 5.65. The first kappa shape index (κ1) is 10.6. The highest BCUT2D eigenvalue weighted by molar-refractivity contribution is 7.42. The fourth-order valence-corrected chi connectivity index (χ4v) is 3.54. The Bertz CT molecular complexity index is 427. The molecule has 2 nitrogen and oxygen atoms in total. The van der Waals surface area contributed by atoms with E-state index in [1.165, 1.54) is 11.4 Å². The van der Waals surface area contributed by atoms with Crippen molar-refractivity contribution in [1.29, 1.82) is 0 Å². The minimum absolute atomic E-state index is 0.177. The van der Waals surface area contributed by atoms with E-state index >= 15 is 0 Å². The summed E-state index contributed by atoms with van der Waals surface area (Å²) in [4.78, 5) is 0. The van der Waals surface area contributed by atoms with Crippen LogP contribution in [0.25, 0.3) is 0 Å². The van der Waals surface area contributed by atoms with Gasteiger partial charge in [0.1, 0.15) is 0 Å². The van der Waals surface area contributed by atoms with Crippen LogP contribution in [0, 0.1) is 0 Å². The van der Waals surface area contributed by atoms with Crippen LogP contribution in [0.3, 0.4) is 0 Å². The molecule has 0 atom stereocenters. The Kier molecular flexibility index (Phi) is 2.98. The Labute approximate surface area is 104 Å². The first-order valence-electron chi connectivity index (χ1n) is 5.92. The highest BCUT2D eigenvalue weighted by Crippen LogP contribution is 2.38. The van der Waals surface area contributed by atoms with E-state index in [-0.39, 0.29) is 8.88 Å². The summed E-state index contributed by atoms with van der Waals surface area (Å²) in [5.74, 6) is 0. The average Bonchev–Trinajstić information content (AvgIpc) is 2.90. The molecule has 0 bridgehead atoms. The molecule has 1 aliphatic heterocycles. The van der Waals surface area contributed by atoms with Gasteiger partial charge in [-0.3, -0.25) is 0 Å². The molecule has 0 spiro atoms. The zero-order valence-corrected chi connectivity index (χ0v) is 10.8. The van der Waals surface area contributed by atoms with E-state index in [4.69, 9.17) is 0 Å². The Morgan fingerprint density at radius 2 is 1.06 bits per heavy atom. The molecule has 2 aromatic carbocycles. The maximum atomic E-state index is 2.49. The summed E-state index contributed by atoms with van der Waals surface area (Å²) < 4.78 is 4.99. The van der Waals surface area contributed by atoms with Crippen molar-refractivity contribution in [2.75, 3.05) is 22.4 Å². The second-order valence-electron chi connectivity index (χ2n) is 4.17. The molecule has 17 heavy (non-hydrogen) atoms. The zero-order chi connectivity index (χ0) is 11.5. The molecule has 1 saturated heterocycles. The lowest BCUT2D eigenvalue weighted by Gasteiger charge is -2.13. The van der Waals surface area contributed by atoms with Gasteiger partial charge in [-0.05, 0) is 24.3 Å². The molecule has 3 heteroatoms. The molecule has 1 aliphatic rings. The van der Waals surface area contributed by atoms with Gasteiger partial charge >= 0.3 is 0 Å². The highest BCUT2D eigenvalue weighted by atomic mass is 31.1. The summed E-state index contributed by atoms with van der Waals surface area (Å²) in [5.41, 5.74) is 2.70. The molecular formula is C14H16N2P+. The topological polar surface area (TPSA) is 6.48 Å². The third-order valence-corrected chi connectivity index (χ3v) is 4.71. The largest absolute Gasteiger partial charge is 0.230 e. The number of rotatable bonds is 2. The smallest absolute Gasteiger partial charge is 0.170 e. The van der Waals surface area contributed by atoms with Gasteiger partial charge in [0.2, 0.25) is 0 Å². The SMILES string of the molecule is c1ccc(N2CCN(c3ccccc3)[PH2+]2)cc1. The van der Waals surface area contributed by atoms with Crippen LogP contribution in [0.4, 0.5) is 11.4 Å². The van der Waals surface area contributed by atoms with Crippen LogP contribution in [0.2, 0.25) is 0 Å². The first-order chi connectivity index (χ1) is 8.43. The predicted octanol–water partition coefficient (Wildman–Crippen LogP) is 3.25. The van der Waals surface area contributed by atoms with E-state index in [9.17, 15) is 0 Å².